The van der Waals surface area contributed by atoms with Gasteiger partial charge in [0.25, 0.3) is 0 Å². The van der Waals surface area contributed by atoms with E-state index in [0.717, 1.165) is 25.9 Å². The predicted octanol–water partition coefficient (Wildman–Crippen LogP) is 2.15. The monoisotopic (exact) mass is 245 g/mol. The molecule has 0 radical (unpaired) electrons. The molecule has 0 aromatic carbocycles. The smallest absolute Gasteiger partial charge is 0.128 e. The second-order valence-electron chi connectivity index (χ2n) is 5.43. The van der Waals surface area contributed by atoms with Crippen LogP contribution in [0, 0.1) is 0 Å². The first-order chi connectivity index (χ1) is 8.93. The van der Waals surface area contributed by atoms with Crippen LogP contribution in [0.25, 0.3) is 0 Å². The van der Waals surface area contributed by atoms with Crippen molar-refractivity contribution in [2.45, 2.75) is 38.5 Å². The van der Waals surface area contributed by atoms with Crippen molar-refractivity contribution in [1.29, 1.82) is 0 Å². The molecule has 1 aromatic heterocycles. The van der Waals surface area contributed by atoms with Gasteiger partial charge in [-0.05, 0) is 37.4 Å². The van der Waals surface area contributed by atoms with Crippen LogP contribution in [0.5, 0.6) is 0 Å². The molecule has 3 heterocycles. The molecule has 2 aliphatic rings. The van der Waals surface area contributed by atoms with Gasteiger partial charge < -0.3 is 10.2 Å². The molecule has 1 N–H and O–H groups in total. The van der Waals surface area contributed by atoms with E-state index in [9.17, 15) is 0 Å². The molecule has 2 aliphatic heterocycles. The normalized spacial score (nSPS) is 21.0. The Bertz CT molecular complexity index is 395. The van der Waals surface area contributed by atoms with Crippen molar-refractivity contribution in [2.75, 3.05) is 31.1 Å². The molecular formula is C15H23N3. The molecule has 1 saturated heterocycles. The molecule has 0 saturated carbocycles. The summed E-state index contributed by atoms with van der Waals surface area (Å²) in [6.45, 7) is 4.54. The molecule has 18 heavy (non-hydrogen) atoms. The molecule has 1 aromatic rings. The first-order valence-electron chi connectivity index (χ1n) is 7.38. The molecule has 0 unspecified atom stereocenters. The highest BCUT2D eigenvalue weighted by Gasteiger charge is 2.14. The van der Waals surface area contributed by atoms with Crippen molar-refractivity contribution in [1.82, 2.24) is 10.3 Å². The quantitative estimate of drug-likeness (QED) is 0.821. The predicted molar refractivity (Wildman–Crippen MR) is 75.2 cm³/mol. The first-order valence-corrected chi connectivity index (χ1v) is 7.38. The Hall–Kier alpha value is -1.09. The van der Waals surface area contributed by atoms with E-state index in [1.54, 1.807) is 0 Å². The van der Waals surface area contributed by atoms with Crippen LogP contribution in [0.2, 0.25) is 0 Å². The van der Waals surface area contributed by atoms with Crippen LogP contribution in [0.1, 0.15) is 36.9 Å². The topological polar surface area (TPSA) is 28.2 Å². The van der Waals surface area contributed by atoms with Crippen LogP contribution in [-0.2, 0) is 12.8 Å². The van der Waals surface area contributed by atoms with E-state index >= 15 is 0 Å². The number of nitrogens with zero attached hydrogens (tertiary/aromatic N) is 2. The largest absolute Gasteiger partial charge is 0.357 e. The van der Waals surface area contributed by atoms with Crippen molar-refractivity contribution in [3.05, 3.63) is 23.4 Å². The maximum absolute atomic E-state index is 4.92. The molecule has 3 rings (SSSR count). The molecule has 0 atom stereocenters. The van der Waals surface area contributed by atoms with Gasteiger partial charge in [0.15, 0.2) is 0 Å². The lowest BCUT2D eigenvalue weighted by Gasteiger charge is -2.22. The summed E-state index contributed by atoms with van der Waals surface area (Å²) in [6.07, 6.45) is 7.61. The van der Waals surface area contributed by atoms with Gasteiger partial charge in [0.1, 0.15) is 5.82 Å². The first kappa shape index (κ1) is 12.0. The minimum Gasteiger partial charge on any atom is -0.357 e. The van der Waals surface area contributed by atoms with E-state index in [0.29, 0.717) is 0 Å². The molecule has 3 heteroatoms. The van der Waals surface area contributed by atoms with Crippen LogP contribution < -0.4 is 10.2 Å². The summed E-state index contributed by atoms with van der Waals surface area (Å²) in [4.78, 5) is 7.40. The van der Waals surface area contributed by atoms with Gasteiger partial charge in [-0.2, -0.15) is 0 Å². The van der Waals surface area contributed by atoms with Crippen molar-refractivity contribution in [2.24, 2.45) is 0 Å². The van der Waals surface area contributed by atoms with Crippen molar-refractivity contribution >= 4 is 5.82 Å². The van der Waals surface area contributed by atoms with Gasteiger partial charge in [0, 0.05) is 31.7 Å². The van der Waals surface area contributed by atoms with Crippen LogP contribution in [0.4, 0.5) is 5.82 Å². The summed E-state index contributed by atoms with van der Waals surface area (Å²) in [5, 5.41) is 3.45. The highest BCUT2D eigenvalue weighted by atomic mass is 15.2. The molecule has 1 fully saturated rings. The summed E-state index contributed by atoms with van der Waals surface area (Å²) in [5.41, 5.74) is 2.76. The zero-order valence-electron chi connectivity index (χ0n) is 11.1. The number of pyridine rings is 1. The molecule has 3 nitrogen and oxygen atoms in total. The Morgan fingerprint density at radius 1 is 0.944 bits per heavy atom. The van der Waals surface area contributed by atoms with Gasteiger partial charge >= 0.3 is 0 Å². The minimum absolute atomic E-state index is 1.07. The third-order valence-electron chi connectivity index (χ3n) is 4.09. The van der Waals surface area contributed by atoms with E-state index in [1.165, 1.54) is 55.8 Å². The SMILES string of the molecule is c1cc2c(nc1N1CCCCCC1)CCNCC2. The van der Waals surface area contributed by atoms with Gasteiger partial charge in [-0.1, -0.05) is 18.9 Å². The Labute approximate surface area is 110 Å². The Balaban J connectivity index is 1.81. The molecule has 98 valence electrons. The third kappa shape index (κ3) is 2.66. The van der Waals surface area contributed by atoms with Crippen LogP contribution in [-0.4, -0.2) is 31.2 Å². The summed E-state index contributed by atoms with van der Waals surface area (Å²) >= 11 is 0. The number of hydrogen-bond acceptors (Lipinski definition) is 3. The van der Waals surface area contributed by atoms with E-state index in [-0.39, 0.29) is 0 Å². The lowest BCUT2D eigenvalue weighted by atomic mass is 10.1. The summed E-state index contributed by atoms with van der Waals surface area (Å²) in [6, 6.07) is 4.53. The van der Waals surface area contributed by atoms with Gasteiger partial charge in [-0.3, -0.25) is 0 Å². The molecule has 0 spiro atoms. The lowest BCUT2D eigenvalue weighted by Crippen LogP contribution is -2.25. The lowest BCUT2D eigenvalue weighted by molar-refractivity contribution is 0.707. The minimum atomic E-state index is 1.07. The maximum atomic E-state index is 4.92. The second kappa shape index (κ2) is 5.70. The zero-order valence-corrected chi connectivity index (χ0v) is 11.1. The van der Waals surface area contributed by atoms with Crippen LogP contribution in [0.15, 0.2) is 12.1 Å². The van der Waals surface area contributed by atoms with E-state index in [2.05, 4.69) is 22.3 Å². The zero-order chi connectivity index (χ0) is 12.2. The van der Waals surface area contributed by atoms with Gasteiger partial charge in [-0.15, -0.1) is 0 Å². The third-order valence-corrected chi connectivity index (χ3v) is 4.09. The molecule has 0 amide bonds. The average Bonchev–Trinajstić information content (AvgIpc) is 2.80. The summed E-state index contributed by atoms with van der Waals surface area (Å²) in [5.74, 6) is 1.21. The fourth-order valence-corrected chi connectivity index (χ4v) is 2.99. The maximum Gasteiger partial charge on any atom is 0.128 e. The number of nitrogens with one attached hydrogen (secondary N) is 1. The Morgan fingerprint density at radius 2 is 1.72 bits per heavy atom. The van der Waals surface area contributed by atoms with Crippen molar-refractivity contribution < 1.29 is 0 Å². The van der Waals surface area contributed by atoms with E-state index in [4.69, 9.17) is 4.98 Å². The summed E-state index contributed by atoms with van der Waals surface area (Å²) in [7, 11) is 0. The van der Waals surface area contributed by atoms with Crippen molar-refractivity contribution in [3.63, 3.8) is 0 Å². The van der Waals surface area contributed by atoms with Crippen LogP contribution >= 0.6 is 0 Å². The van der Waals surface area contributed by atoms with Gasteiger partial charge in [0.05, 0.1) is 0 Å². The fraction of sp³-hybridized carbons (Fsp3) is 0.667. The number of anilines is 1. The fourth-order valence-electron chi connectivity index (χ4n) is 2.99. The Morgan fingerprint density at radius 3 is 2.56 bits per heavy atom. The van der Waals surface area contributed by atoms with Crippen LogP contribution in [0.3, 0.4) is 0 Å². The highest BCUT2D eigenvalue weighted by Crippen LogP contribution is 2.20. The molecular weight excluding hydrogens is 222 g/mol. The van der Waals surface area contributed by atoms with Crippen molar-refractivity contribution in [3.8, 4) is 0 Å². The van der Waals surface area contributed by atoms with E-state index in [1.807, 2.05) is 0 Å². The Kier molecular flexibility index (Phi) is 3.79. The molecule has 0 bridgehead atoms. The second-order valence-corrected chi connectivity index (χ2v) is 5.43. The highest BCUT2D eigenvalue weighted by molar-refractivity contribution is 5.42. The van der Waals surface area contributed by atoms with E-state index < -0.39 is 0 Å². The average molecular weight is 245 g/mol. The van der Waals surface area contributed by atoms with Gasteiger partial charge in [0.2, 0.25) is 0 Å². The standard InChI is InChI=1S/C15H23N3/c1-2-4-12-18(11-3-1)15-6-5-13-7-9-16-10-8-14(13)17-15/h5-6,16H,1-4,7-12H2. The number of rotatable bonds is 1. The number of fused-ring (bicyclic) bond motifs is 1. The van der Waals surface area contributed by atoms with Gasteiger partial charge in [-0.25, -0.2) is 4.98 Å². The summed E-state index contributed by atoms with van der Waals surface area (Å²) < 4.78 is 0. The molecule has 0 aliphatic carbocycles. The number of hydrogen-bond donors (Lipinski definition) is 1. The number of aromatic nitrogens is 1.